The highest BCUT2D eigenvalue weighted by atomic mass is 79.9. The lowest BCUT2D eigenvalue weighted by atomic mass is 10.2. The molecule has 16 heavy (non-hydrogen) atoms. The van der Waals surface area contributed by atoms with Crippen molar-refractivity contribution in [3.8, 4) is 0 Å². The number of anilines is 1. The Morgan fingerprint density at radius 1 is 1.44 bits per heavy atom. The molecule has 0 atom stereocenters. The van der Waals surface area contributed by atoms with Crippen molar-refractivity contribution in [3.05, 3.63) is 45.6 Å². The van der Waals surface area contributed by atoms with Gasteiger partial charge in [0.2, 0.25) is 0 Å². The van der Waals surface area contributed by atoms with Crippen molar-refractivity contribution >= 4 is 39.3 Å². The first-order valence-electron chi connectivity index (χ1n) is 4.33. The molecular formula is C10H6BrClN2O2. The fourth-order valence-corrected chi connectivity index (χ4v) is 1.60. The predicted octanol–water partition coefficient (Wildman–Crippen LogP) is 3.34. The number of aromatic nitrogens is 1. The molecule has 6 heteroatoms. The van der Waals surface area contributed by atoms with Gasteiger partial charge in [0.15, 0.2) is 5.82 Å². The Morgan fingerprint density at radius 3 is 2.88 bits per heavy atom. The summed E-state index contributed by atoms with van der Waals surface area (Å²) in [5.41, 5.74) is 0.485. The molecular weight excluding hydrogens is 295 g/mol. The highest BCUT2D eigenvalue weighted by Crippen LogP contribution is 2.23. The van der Waals surface area contributed by atoms with Gasteiger partial charge < -0.3 is 9.84 Å². The van der Waals surface area contributed by atoms with Crippen molar-refractivity contribution < 1.29 is 9.32 Å². The van der Waals surface area contributed by atoms with E-state index in [4.69, 9.17) is 11.6 Å². The summed E-state index contributed by atoms with van der Waals surface area (Å²) < 4.78 is 5.27. The van der Waals surface area contributed by atoms with Crippen molar-refractivity contribution in [1.29, 1.82) is 0 Å². The maximum atomic E-state index is 11.7. The van der Waals surface area contributed by atoms with Crippen LogP contribution in [0.1, 0.15) is 10.4 Å². The Morgan fingerprint density at radius 2 is 2.25 bits per heavy atom. The zero-order valence-electron chi connectivity index (χ0n) is 7.91. The Balaban J connectivity index is 2.18. The van der Waals surface area contributed by atoms with Crippen LogP contribution in [0.5, 0.6) is 0 Å². The van der Waals surface area contributed by atoms with E-state index in [1.54, 1.807) is 24.3 Å². The highest BCUT2D eigenvalue weighted by Gasteiger charge is 2.09. The zero-order valence-corrected chi connectivity index (χ0v) is 10.2. The largest absolute Gasteiger partial charge is 0.363 e. The lowest BCUT2D eigenvalue weighted by Gasteiger charge is -2.02. The molecule has 1 aromatic carbocycles. The quantitative estimate of drug-likeness (QED) is 0.925. The molecule has 2 aromatic rings. The third kappa shape index (κ3) is 2.43. The minimum Gasteiger partial charge on any atom is -0.363 e. The number of nitrogens with zero attached hydrogens (tertiary/aromatic N) is 1. The SMILES string of the molecule is O=C(Nc1ccon1)c1ccc(Cl)c(Br)c1. The second-order valence-corrected chi connectivity index (χ2v) is 4.23. The van der Waals surface area contributed by atoms with Crippen LogP contribution < -0.4 is 5.32 Å². The molecule has 0 unspecified atom stereocenters. The Hall–Kier alpha value is -1.33. The van der Waals surface area contributed by atoms with Crippen LogP contribution >= 0.6 is 27.5 Å². The van der Waals surface area contributed by atoms with E-state index in [2.05, 4.69) is 30.9 Å². The maximum Gasteiger partial charge on any atom is 0.256 e. The molecule has 0 aliphatic heterocycles. The zero-order chi connectivity index (χ0) is 11.5. The molecule has 0 radical (unpaired) electrons. The van der Waals surface area contributed by atoms with Crippen molar-refractivity contribution in [1.82, 2.24) is 5.16 Å². The number of hydrogen-bond donors (Lipinski definition) is 1. The fourth-order valence-electron chi connectivity index (χ4n) is 1.10. The monoisotopic (exact) mass is 300 g/mol. The summed E-state index contributed by atoms with van der Waals surface area (Å²) in [6, 6.07) is 6.46. The molecule has 1 aromatic heterocycles. The van der Waals surface area contributed by atoms with E-state index < -0.39 is 0 Å². The molecule has 4 nitrogen and oxygen atoms in total. The summed E-state index contributed by atoms with van der Waals surface area (Å²) in [5.74, 6) is 0.0994. The first-order chi connectivity index (χ1) is 7.66. The van der Waals surface area contributed by atoms with Crippen LogP contribution in [0.15, 0.2) is 39.5 Å². The van der Waals surface area contributed by atoms with E-state index in [-0.39, 0.29) is 5.91 Å². The average Bonchev–Trinajstić information content (AvgIpc) is 2.74. The van der Waals surface area contributed by atoms with Crippen LogP contribution in [0, 0.1) is 0 Å². The van der Waals surface area contributed by atoms with E-state index in [1.807, 2.05) is 0 Å². The fraction of sp³-hybridized carbons (Fsp3) is 0. The molecule has 2 rings (SSSR count). The molecule has 1 heterocycles. The van der Waals surface area contributed by atoms with Crippen molar-refractivity contribution in [2.75, 3.05) is 5.32 Å². The topological polar surface area (TPSA) is 55.1 Å². The number of nitrogens with one attached hydrogen (secondary N) is 1. The number of amides is 1. The van der Waals surface area contributed by atoms with Gasteiger partial charge in [0.1, 0.15) is 6.26 Å². The van der Waals surface area contributed by atoms with Gasteiger partial charge in [-0.1, -0.05) is 16.8 Å². The first kappa shape index (κ1) is 11.2. The molecule has 0 aliphatic carbocycles. The van der Waals surface area contributed by atoms with E-state index in [0.29, 0.717) is 20.9 Å². The van der Waals surface area contributed by atoms with Gasteiger partial charge in [0, 0.05) is 16.1 Å². The van der Waals surface area contributed by atoms with Crippen LogP contribution in [0.2, 0.25) is 5.02 Å². The van der Waals surface area contributed by atoms with Gasteiger partial charge in [0.25, 0.3) is 5.91 Å². The third-order valence-electron chi connectivity index (χ3n) is 1.86. The van der Waals surface area contributed by atoms with Gasteiger partial charge in [-0.3, -0.25) is 4.79 Å². The van der Waals surface area contributed by atoms with Crippen LogP contribution in [0.3, 0.4) is 0 Å². The Labute approximate surface area is 105 Å². The molecule has 0 spiro atoms. The van der Waals surface area contributed by atoms with Crippen LogP contribution in [0.4, 0.5) is 5.82 Å². The minimum absolute atomic E-state index is 0.272. The summed E-state index contributed by atoms with van der Waals surface area (Å²) in [4.78, 5) is 11.7. The average molecular weight is 302 g/mol. The van der Waals surface area contributed by atoms with E-state index in [9.17, 15) is 4.79 Å². The second kappa shape index (κ2) is 4.67. The summed E-state index contributed by atoms with van der Waals surface area (Å²) in [6.07, 6.45) is 1.38. The first-order valence-corrected chi connectivity index (χ1v) is 5.50. The predicted molar refractivity (Wildman–Crippen MR) is 63.6 cm³/mol. The molecule has 0 saturated carbocycles. The molecule has 1 N–H and O–H groups in total. The van der Waals surface area contributed by atoms with Crippen LogP contribution in [-0.2, 0) is 0 Å². The summed E-state index contributed by atoms with van der Waals surface area (Å²) in [6.45, 7) is 0. The van der Waals surface area contributed by atoms with Crippen molar-refractivity contribution in [2.24, 2.45) is 0 Å². The molecule has 0 aliphatic rings. The third-order valence-corrected chi connectivity index (χ3v) is 3.08. The smallest absolute Gasteiger partial charge is 0.256 e. The maximum absolute atomic E-state index is 11.7. The van der Waals surface area contributed by atoms with Crippen molar-refractivity contribution in [3.63, 3.8) is 0 Å². The summed E-state index contributed by atoms with van der Waals surface area (Å²) in [7, 11) is 0. The Bertz CT molecular complexity index is 514. The summed E-state index contributed by atoms with van der Waals surface area (Å²) in [5, 5.41) is 6.71. The number of carbonyl (C=O) groups is 1. The van der Waals surface area contributed by atoms with Gasteiger partial charge in [-0.25, -0.2) is 0 Å². The van der Waals surface area contributed by atoms with E-state index in [0.717, 1.165) is 0 Å². The van der Waals surface area contributed by atoms with E-state index in [1.165, 1.54) is 6.26 Å². The van der Waals surface area contributed by atoms with Gasteiger partial charge in [-0.15, -0.1) is 0 Å². The van der Waals surface area contributed by atoms with E-state index >= 15 is 0 Å². The molecule has 0 saturated heterocycles. The van der Waals surface area contributed by atoms with Gasteiger partial charge >= 0.3 is 0 Å². The van der Waals surface area contributed by atoms with Crippen LogP contribution in [0.25, 0.3) is 0 Å². The number of benzene rings is 1. The normalized spacial score (nSPS) is 10.1. The Kier molecular flexibility index (Phi) is 3.26. The lowest BCUT2D eigenvalue weighted by molar-refractivity contribution is 0.102. The van der Waals surface area contributed by atoms with Gasteiger partial charge in [0.05, 0.1) is 5.02 Å². The van der Waals surface area contributed by atoms with Gasteiger partial charge in [-0.2, -0.15) is 0 Å². The molecule has 0 bridgehead atoms. The second-order valence-electron chi connectivity index (χ2n) is 2.97. The van der Waals surface area contributed by atoms with Crippen molar-refractivity contribution in [2.45, 2.75) is 0 Å². The summed E-state index contributed by atoms with van der Waals surface area (Å²) >= 11 is 9.07. The molecule has 1 amide bonds. The number of hydrogen-bond acceptors (Lipinski definition) is 3. The lowest BCUT2D eigenvalue weighted by Crippen LogP contribution is -2.11. The number of rotatable bonds is 2. The molecule has 82 valence electrons. The van der Waals surface area contributed by atoms with Crippen LogP contribution in [-0.4, -0.2) is 11.1 Å². The standard InChI is InChI=1S/C10H6BrClN2O2/c11-7-5-6(1-2-8(7)12)10(15)13-9-3-4-16-14-9/h1-5H,(H,13,14,15). The highest BCUT2D eigenvalue weighted by molar-refractivity contribution is 9.10. The number of carbonyl (C=O) groups excluding carboxylic acids is 1. The minimum atomic E-state index is -0.272. The molecule has 0 fully saturated rings. The van der Waals surface area contributed by atoms with Gasteiger partial charge in [-0.05, 0) is 34.1 Å². The number of halogens is 2.